The molecule has 0 aliphatic carbocycles. The molecule has 3 aromatic carbocycles. The molecule has 1 heterocycles. The highest BCUT2D eigenvalue weighted by molar-refractivity contribution is 5.86. The number of hydrogen-bond acceptors (Lipinski definition) is 6. The Labute approximate surface area is 198 Å². The highest BCUT2D eigenvalue weighted by Crippen LogP contribution is 2.39. The van der Waals surface area contributed by atoms with E-state index in [1.54, 1.807) is 45.6 Å². The molecule has 6 heteroatoms. The fourth-order valence-corrected chi connectivity index (χ4v) is 3.70. The van der Waals surface area contributed by atoms with E-state index in [0.29, 0.717) is 46.1 Å². The number of ether oxygens (including phenoxy) is 4. The molecular formula is C28H26O6. The zero-order valence-electron chi connectivity index (χ0n) is 19.6. The van der Waals surface area contributed by atoms with Gasteiger partial charge in [-0.3, -0.25) is 4.79 Å². The lowest BCUT2D eigenvalue weighted by atomic mass is 10.0. The van der Waals surface area contributed by atoms with E-state index < -0.39 is 0 Å². The first-order valence-electron chi connectivity index (χ1n) is 10.9. The zero-order chi connectivity index (χ0) is 24.1. The van der Waals surface area contributed by atoms with E-state index >= 15 is 0 Å². The molecule has 0 fully saturated rings. The van der Waals surface area contributed by atoms with E-state index in [-0.39, 0.29) is 5.43 Å². The Morgan fingerprint density at radius 2 is 1.53 bits per heavy atom. The molecular weight excluding hydrogens is 432 g/mol. The number of fused-ring (bicyclic) bond motifs is 1. The molecule has 0 amide bonds. The third kappa shape index (κ3) is 4.76. The van der Waals surface area contributed by atoms with Crippen LogP contribution in [0.4, 0.5) is 0 Å². The minimum absolute atomic E-state index is 0.172. The highest BCUT2D eigenvalue weighted by atomic mass is 16.5. The quantitative estimate of drug-likeness (QED) is 0.299. The second-order valence-electron chi connectivity index (χ2n) is 7.47. The third-order valence-corrected chi connectivity index (χ3v) is 5.39. The maximum atomic E-state index is 12.9. The summed E-state index contributed by atoms with van der Waals surface area (Å²) in [5.74, 6) is 2.96. The molecule has 6 nitrogen and oxygen atoms in total. The summed E-state index contributed by atoms with van der Waals surface area (Å²) in [5.41, 5.74) is 2.71. The lowest BCUT2D eigenvalue weighted by Gasteiger charge is -2.14. The summed E-state index contributed by atoms with van der Waals surface area (Å²) in [7, 11) is 4.72. The van der Waals surface area contributed by atoms with Crippen LogP contribution < -0.4 is 24.4 Å². The van der Waals surface area contributed by atoms with Crippen LogP contribution >= 0.6 is 0 Å². The normalized spacial score (nSPS) is 11.1. The standard InChI is InChI=1S/C28H26O6/c1-5-33-20-10-7-18(8-11-20)6-9-19-14-22(31-3)16-26(32-4)28(19)27-17-24(29)23-15-21(30-2)12-13-25(23)34-27/h6-17H,5H2,1-4H3/b9-6+. The fourth-order valence-electron chi connectivity index (χ4n) is 3.70. The molecule has 34 heavy (non-hydrogen) atoms. The first-order valence-corrected chi connectivity index (χ1v) is 10.9. The molecule has 4 rings (SSSR count). The summed E-state index contributed by atoms with van der Waals surface area (Å²) in [6, 6.07) is 18.1. The largest absolute Gasteiger partial charge is 0.497 e. The molecule has 0 N–H and O–H groups in total. The number of hydrogen-bond donors (Lipinski definition) is 0. The van der Waals surface area contributed by atoms with Crippen molar-refractivity contribution in [3.8, 4) is 34.3 Å². The van der Waals surface area contributed by atoms with Crippen LogP contribution in [0.2, 0.25) is 0 Å². The van der Waals surface area contributed by atoms with Crippen molar-refractivity contribution in [2.45, 2.75) is 6.92 Å². The molecule has 1 aromatic heterocycles. The molecule has 174 valence electrons. The van der Waals surface area contributed by atoms with E-state index in [0.717, 1.165) is 16.9 Å². The van der Waals surface area contributed by atoms with Gasteiger partial charge in [0.2, 0.25) is 0 Å². The van der Waals surface area contributed by atoms with Gasteiger partial charge in [-0.1, -0.05) is 24.3 Å². The van der Waals surface area contributed by atoms with Crippen LogP contribution in [0, 0.1) is 0 Å². The predicted molar refractivity (Wildman–Crippen MR) is 134 cm³/mol. The third-order valence-electron chi connectivity index (χ3n) is 5.39. The number of rotatable bonds is 8. The van der Waals surface area contributed by atoms with Gasteiger partial charge in [0.15, 0.2) is 5.43 Å². The van der Waals surface area contributed by atoms with Crippen molar-refractivity contribution >= 4 is 23.1 Å². The molecule has 4 aromatic rings. The first-order chi connectivity index (χ1) is 16.6. The summed E-state index contributed by atoms with van der Waals surface area (Å²) >= 11 is 0. The zero-order valence-corrected chi connectivity index (χ0v) is 19.6. The maximum Gasteiger partial charge on any atom is 0.193 e. The van der Waals surface area contributed by atoms with E-state index in [1.165, 1.54) is 6.07 Å². The highest BCUT2D eigenvalue weighted by Gasteiger charge is 2.17. The van der Waals surface area contributed by atoms with Gasteiger partial charge in [0, 0.05) is 12.1 Å². The van der Waals surface area contributed by atoms with Gasteiger partial charge in [0.05, 0.1) is 38.9 Å². The van der Waals surface area contributed by atoms with Crippen molar-refractivity contribution in [3.05, 3.63) is 82.0 Å². The smallest absolute Gasteiger partial charge is 0.193 e. The Hall–Kier alpha value is -4.19. The van der Waals surface area contributed by atoms with Crippen LogP contribution in [0.5, 0.6) is 23.0 Å². The Morgan fingerprint density at radius 1 is 0.794 bits per heavy atom. The second-order valence-corrected chi connectivity index (χ2v) is 7.47. The molecule has 0 bridgehead atoms. The van der Waals surface area contributed by atoms with Gasteiger partial charge in [-0.2, -0.15) is 0 Å². The predicted octanol–water partition coefficient (Wildman–Crippen LogP) is 6.05. The SMILES string of the molecule is CCOc1ccc(/C=C/c2cc(OC)cc(OC)c2-c2cc(=O)c3cc(OC)ccc3o2)cc1. The van der Waals surface area contributed by atoms with Crippen LogP contribution in [0.1, 0.15) is 18.1 Å². The number of benzene rings is 3. The van der Waals surface area contributed by atoms with E-state index in [2.05, 4.69) is 0 Å². The molecule has 0 spiro atoms. The molecule has 0 radical (unpaired) electrons. The van der Waals surface area contributed by atoms with Crippen molar-refractivity contribution in [2.75, 3.05) is 27.9 Å². The monoisotopic (exact) mass is 458 g/mol. The van der Waals surface area contributed by atoms with Crippen molar-refractivity contribution in [1.29, 1.82) is 0 Å². The van der Waals surface area contributed by atoms with Crippen molar-refractivity contribution in [2.24, 2.45) is 0 Å². The molecule has 0 aliphatic rings. The molecule has 0 unspecified atom stereocenters. The van der Waals surface area contributed by atoms with Gasteiger partial charge in [0.1, 0.15) is 34.3 Å². The van der Waals surface area contributed by atoms with E-state index in [1.807, 2.05) is 49.4 Å². The van der Waals surface area contributed by atoms with Gasteiger partial charge in [-0.15, -0.1) is 0 Å². The Kier molecular flexibility index (Phi) is 6.87. The fraction of sp³-hybridized carbons (Fsp3) is 0.179. The lowest BCUT2D eigenvalue weighted by Crippen LogP contribution is -2.02. The van der Waals surface area contributed by atoms with Gasteiger partial charge in [0.25, 0.3) is 0 Å². The maximum absolute atomic E-state index is 12.9. The summed E-state index contributed by atoms with van der Waals surface area (Å²) in [6.45, 7) is 2.57. The van der Waals surface area contributed by atoms with Gasteiger partial charge in [-0.25, -0.2) is 0 Å². The van der Waals surface area contributed by atoms with Crippen LogP contribution in [0.25, 0.3) is 34.4 Å². The van der Waals surface area contributed by atoms with Crippen molar-refractivity contribution in [3.63, 3.8) is 0 Å². The summed E-state index contributed by atoms with van der Waals surface area (Å²) < 4.78 is 28.0. The molecule has 0 aliphatic heterocycles. The van der Waals surface area contributed by atoms with Gasteiger partial charge in [-0.05, 0) is 54.4 Å². The Bertz CT molecular complexity index is 1380. The minimum Gasteiger partial charge on any atom is -0.497 e. The summed E-state index contributed by atoms with van der Waals surface area (Å²) in [6.07, 6.45) is 3.91. The van der Waals surface area contributed by atoms with E-state index in [9.17, 15) is 4.79 Å². The molecule has 0 saturated heterocycles. The Balaban J connectivity index is 1.84. The molecule has 0 saturated carbocycles. The van der Waals surface area contributed by atoms with Crippen LogP contribution in [-0.4, -0.2) is 27.9 Å². The minimum atomic E-state index is -0.172. The van der Waals surface area contributed by atoms with Crippen LogP contribution in [0.3, 0.4) is 0 Å². The topological polar surface area (TPSA) is 67.1 Å². The second kappa shape index (κ2) is 10.2. The number of methoxy groups -OCH3 is 3. The summed E-state index contributed by atoms with van der Waals surface area (Å²) in [5, 5.41) is 0.446. The van der Waals surface area contributed by atoms with Crippen LogP contribution in [0.15, 0.2) is 69.9 Å². The average molecular weight is 459 g/mol. The first kappa shape index (κ1) is 23.0. The van der Waals surface area contributed by atoms with Gasteiger partial charge >= 0.3 is 0 Å². The van der Waals surface area contributed by atoms with Crippen molar-refractivity contribution in [1.82, 2.24) is 0 Å². The van der Waals surface area contributed by atoms with Crippen molar-refractivity contribution < 1.29 is 23.4 Å². The Morgan fingerprint density at radius 3 is 2.21 bits per heavy atom. The van der Waals surface area contributed by atoms with E-state index in [4.69, 9.17) is 23.4 Å². The lowest BCUT2D eigenvalue weighted by molar-refractivity contribution is 0.340. The molecule has 0 atom stereocenters. The van der Waals surface area contributed by atoms with Gasteiger partial charge < -0.3 is 23.4 Å². The summed E-state index contributed by atoms with van der Waals surface area (Å²) in [4.78, 5) is 12.9. The average Bonchev–Trinajstić information content (AvgIpc) is 2.87. The van der Waals surface area contributed by atoms with Crippen LogP contribution in [-0.2, 0) is 0 Å².